The maximum atomic E-state index is 3.31. The van der Waals surface area contributed by atoms with Crippen molar-refractivity contribution in [2.75, 3.05) is 0 Å². The molecule has 0 saturated heterocycles. The molecule has 4 rings (SSSR count). The summed E-state index contributed by atoms with van der Waals surface area (Å²) in [5.41, 5.74) is 0. The van der Waals surface area contributed by atoms with Crippen LogP contribution in [0.15, 0.2) is 54.6 Å². The third-order valence-corrected chi connectivity index (χ3v) is 3.31. The Bertz CT molecular complexity index is 667. The SMILES string of the molecule is C.[c]1ccc2ccc3cccc4ccc1c2c43. The van der Waals surface area contributed by atoms with Gasteiger partial charge in [0.05, 0.1) is 0 Å². The lowest BCUT2D eigenvalue weighted by Gasteiger charge is -2.09. The Balaban J connectivity index is 0.000000902. The minimum absolute atomic E-state index is 0. The van der Waals surface area contributed by atoms with Gasteiger partial charge in [0.1, 0.15) is 0 Å². The largest absolute Gasteiger partial charge is 0.0776 e. The molecule has 17 heavy (non-hydrogen) atoms. The number of benzene rings is 4. The molecule has 0 nitrogen and oxygen atoms in total. The second-order valence-corrected chi connectivity index (χ2v) is 4.20. The van der Waals surface area contributed by atoms with E-state index in [1.807, 2.05) is 6.07 Å². The normalized spacial score (nSPS) is 11.1. The summed E-state index contributed by atoms with van der Waals surface area (Å²) in [6.45, 7) is 0. The lowest BCUT2D eigenvalue weighted by molar-refractivity contribution is 1.77. The smallest absolute Gasteiger partial charge is 0.00206 e. The number of hydrogen-bond acceptors (Lipinski definition) is 0. The molecule has 4 aromatic rings. The summed E-state index contributed by atoms with van der Waals surface area (Å²) in [6.07, 6.45) is 0. The molecule has 0 aliphatic carbocycles. The predicted octanol–water partition coefficient (Wildman–Crippen LogP) is 5.02. The fraction of sp³-hybridized carbons (Fsp3) is 0.0588. The van der Waals surface area contributed by atoms with E-state index < -0.39 is 0 Å². The first kappa shape index (κ1) is 10.1. The minimum atomic E-state index is 0. The quantitative estimate of drug-likeness (QED) is 0.363. The molecule has 0 heteroatoms. The molecule has 0 atom stereocenters. The highest BCUT2D eigenvalue weighted by Gasteiger charge is 2.06. The van der Waals surface area contributed by atoms with E-state index in [0.717, 1.165) is 0 Å². The molecule has 0 aromatic heterocycles. The van der Waals surface area contributed by atoms with E-state index in [-0.39, 0.29) is 7.43 Å². The van der Waals surface area contributed by atoms with Gasteiger partial charge in [-0.1, -0.05) is 62.0 Å². The Morgan fingerprint density at radius 2 is 1.29 bits per heavy atom. The van der Waals surface area contributed by atoms with Gasteiger partial charge in [0, 0.05) is 0 Å². The Morgan fingerprint density at radius 1 is 0.647 bits per heavy atom. The maximum Gasteiger partial charge on any atom is -0.00206 e. The van der Waals surface area contributed by atoms with Crippen molar-refractivity contribution in [2.24, 2.45) is 0 Å². The first-order chi connectivity index (χ1) is 7.93. The molecule has 0 bridgehead atoms. The Hall–Kier alpha value is -2.08. The summed E-state index contributed by atoms with van der Waals surface area (Å²) >= 11 is 0. The second kappa shape index (κ2) is 3.46. The monoisotopic (exact) mass is 217 g/mol. The maximum absolute atomic E-state index is 3.31. The van der Waals surface area contributed by atoms with E-state index in [1.54, 1.807) is 0 Å². The van der Waals surface area contributed by atoms with Gasteiger partial charge in [-0.15, -0.1) is 0 Å². The predicted molar refractivity (Wildman–Crippen MR) is 75.7 cm³/mol. The summed E-state index contributed by atoms with van der Waals surface area (Å²) < 4.78 is 0. The van der Waals surface area contributed by atoms with Crippen molar-refractivity contribution in [3.05, 3.63) is 60.7 Å². The van der Waals surface area contributed by atoms with Crippen LogP contribution < -0.4 is 0 Å². The molecule has 0 amide bonds. The van der Waals surface area contributed by atoms with Crippen molar-refractivity contribution in [2.45, 2.75) is 7.43 Å². The van der Waals surface area contributed by atoms with Crippen molar-refractivity contribution >= 4 is 32.3 Å². The van der Waals surface area contributed by atoms with Crippen molar-refractivity contribution in [1.29, 1.82) is 0 Å². The topological polar surface area (TPSA) is 0 Å². The highest BCUT2D eigenvalue weighted by molar-refractivity contribution is 6.22. The first-order valence-electron chi connectivity index (χ1n) is 5.48. The molecule has 81 valence electrons. The fourth-order valence-corrected chi connectivity index (χ4v) is 2.59. The molecule has 0 saturated carbocycles. The van der Waals surface area contributed by atoms with Gasteiger partial charge >= 0.3 is 0 Å². The molecule has 0 unspecified atom stereocenters. The zero-order chi connectivity index (χ0) is 10.5. The second-order valence-electron chi connectivity index (χ2n) is 4.20. The van der Waals surface area contributed by atoms with Gasteiger partial charge in [0.15, 0.2) is 0 Å². The van der Waals surface area contributed by atoms with E-state index in [2.05, 4.69) is 54.6 Å². The van der Waals surface area contributed by atoms with Crippen LogP contribution in [0.2, 0.25) is 0 Å². The third-order valence-electron chi connectivity index (χ3n) is 3.31. The Kier molecular flexibility index (Phi) is 2.05. The fourth-order valence-electron chi connectivity index (χ4n) is 2.59. The van der Waals surface area contributed by atoms with Gasteiger partial charge in [0.2, 0.25) is 0 Å². The van der Waals surface area contributed by atoms with Gasteiger partial charge in [-0.25, -0.2) is 0 Å². The van der Waals surface area contributed by atoms with Crippen LogP contribution in [0, 0.1) is 6.07 Å². The van der Waals surface area contributed by atoms with Crippen molar-refractivity contribution in [3.8, 4) is 0 Å². The summed E-state index contributed by atoms with van der Waals surface area (Å²) in [6, 6.07) is 22.6. The number of rotatable bonds is 0. The van der Waals surface area contributed by atoms with Crippen LogP contribution in [0.4, 0.5) is 0 Å². The van der Waals surface area contributed by atoms with E-state index >= 15 is 0 Å². The Labute approximate surface area is 101 Å². The summed E-state index contributed by atoms with van der Waals surface area (Å²) in [4.78, 5) is 0. The van der Waals surface area contributed by atoms with Crippen LogP contribution in [-0.2, 0) is 0 Å². The lowest BCUT2D eigenvalue weighted by atomic mass is 9.95. The summed E-state index contributed by atoms with van der Waals surface area (Å²) in [5.74, 6) is 0. The van der Waals surface area contributed by atoms with E-state index in [4.69, 9.17) is 0 Å². The van der Waals surface area contributed by atoms with Crippen LogP contribution in [0.3, 0.4) is 0 Å². The highest BCUT2D eigenvalue weighted by Crippen LogP contribution is 2.33. The van der Waals surface area contributed by atoms with Crippen LogP contribution in [0.25, 0.3) is 32.3 Å². The Morgan fingerprint density at radius 3 is 2.06 bits per heavy atom. The zero-order valence-electron chi connectivity index (χ0n) is 8.70. The van der Waals surface area contributed by atoms with Gasteiger partial charge in [-0.3, -0.25) is 0 Å². The first-order valence-corrected chi connectivity index (χ1v) is 5.48. The molecule has 0 fully saturated rings. The molecule has 0 spiro atoms. The van der Waals surface area contributed by atoms with Gasteiger partial charge < -0.3 is 0 Å². The minimum Gasteiger partial charge on any atom is -0.0776 e. The molecule has 0 N–H and O–H groups in total. The van der Waals surface area contributed by atoms with Crippen LogP contribution in [0.5, 0.6) is 0 Å². The van der Waals surface area contributed by atoms with Crippen LogP contribution >= 0.6 is 0 Å². The molecular weight excluding hydrogens is 204 g/mol. The van der Waals surface area contributed by atoms with Gasteiger partial charge in [-0.2, -0.15) is 0 Å². The highest BCUT2D eigenvalue weighted by atomic mass is 14.1. The zero-order valence-corrected chi connectivity index (χ0v) is 8.70. The van der Waals surface area contributed by atoms with E-state index in [9.17, 15) is 0 Å². The van der Waals surface area contributed by atoms with Crippen molar-refractivity contribution < 1.29 is 0 Å². The van der Waals surface area contributed by atoms with E-state index in [1.165, 1.54) is 32.3 Å². The van der Waals surface area contributed by atoms with Gasteiger partial charge in [0.25, 0.3) is 0 Å². The molecule has 0 heterocycles. The van der Waals surface area contributed by atoms with Crippen molar-refractivity contribution in [3.63, 3.8) is 0 Å². The van der Waals surface area contributed by atoms with Crippen molar-refractivity contribution in [1.82, 2.24) is 0 Å². The van der Waals surface area contributed by atoms with Crippen LogP contribution in [-0.4, -0.2) is 0 Å². The number of hydrogen-bond donors (Lipinski definition) is 0. The average Bonchev–Trinajstić information content (AvgIpc) is 2.36. The third kappa shape index (κ3) is 1.24. The average molecular weight is 217 g/mol. The molecular formula is C17H13. The molecule has 0 aliphatic heterocycles. The molecule has 0 aliphatic rings. The summed E-state index contributed by atoms with van der Waals surface area (Å²) in [5, 5.41) is 7.86. The summed E-state index contributed by atoms with van der Waals surface area (Å²) in [7, 11) is 0. The standard InChI is InChI=1S/C16H9.CH4/c1-3-11-7-9-13-5-2-6-14-10-8-12(4-1)15(11)16(13)14;/h1-5,7-10H;1H4. The molecule has 1 radical (unpaired) electrons. The van der Waals surface area contributed by atoms with E-state index in [0.29, 0.717) is 0 Å². The van der Waals surface area contributed by atoms with Crippen LogP contribution in [0.1, 0.15) is 7.43 Å². The lowest BCUT2D eigenvalue weighted by Crippen LogP contribution is -1.82. The van der Waals surface area contributed by atoms with Gasteiger partial charge in [-0.05, 0) is 38.4 Å². The molecule has 4 aromatic carbocycles.